The van der Waals surface area contributed by atoms with Crippen molar-refractivity contribution in [2.75, 3.05) is 7.11 Å². The van der Waals surface area contributed by atoms with Crippen LogP contribution in [0.4, 0.5) is 0 Å². The molecule has 0 unspecified atom stereocenters. The van der Waals surface area contributed by atoms with Crippen LogP contribution in [0.1, 0.15) is 16.2 Å². The molecule has 0 aliphatic rings. The second-order valence-electron chi connectivity index (χ2n) is 6.18. The number of ether oxygens (including phenoxy) is 1. The predicted octanol–water partition coefficient (Wildman–Crippen LogP) is 3.45. The molecule has 0 aliphatic heterocycles. The molecule has 1 amide bonds. The number of aromatic amines is 2. The molecule has 0 atom stereocenters. The van der Waals surface area contributed by atoms with Gasteiger partial charge in [-0.3, -0.25) is 15.0 Å². The summed E-state index contributed by atoms with van der Waals surface area (Å²) >= 11 is 5.93. The Hall–Kier alpha value is -3.65. The van der Waals surface area contributed by atoms with Crippen molar-refractivity contribution in [3.63, 3.8) is 0 Å². The number of nitrogens with one attached hydrogen (secondary N) is 3. The van der Waals surface area contributed by atoms with E-state index in [-0.39, 0.29) is 12.5 Å². The largest absolute Gasteiger partial charge is 0.497 e. The Balaban J connectivity index is 1.44. The Kier molecular flexibility index (Phi) is 5.26. The Morgan fingerprint density at radius 1 is 1.07 bits per heavy atom. The molecule has 29 heavy (non-hydrogen) atoms. The molecular weight excluding hydrogens is 392 g/mol. The zero-order valence-corrected chi connectivity index (χ0v) is 16.2. The smallest absolute Gasteiger partial charge is 0.255 e. The van der Waals surface area contributed by atoms with E-state index in [0.29, 0.717) is 27.9 Å². The molecule has 2 heterocycles. The summed E-state index contributed by atoms with van der Waals surface area (Å²) in [6.07, 6.45) is 1.49. The molecule has 2 aromatic carbocycles. The molecule has 0 aliphatic carbocycles. The maximum Gasteiger partial charge on any atom is 0.255 e. The summed E-state index contributed by atoms with van der Waals surface area (Å²) in [6.45, 7) is 0.202. The van der Waals surface area contributed by atoms with Crippen molar-refractivity contribution in [2.24, 2.45) is 0 Å². The second kappa shape index (κ2) is 8.15. The van der Waals surface area contributed by atoms with Crippen LogP contribution >= 0.6 is 11.6 Å². The van der Waals surface area contributed by atoms with Crippen LogP contribution in [0.25, 0.3) is 22.6 Å². The monoisotopic (exact) mass is 408 g/mol. The van der Waals surface area contributed by atoms with Crippen molar-refractivity contribution < 1.29 is 9.53 Å². The van der Waals surface area contributed by atoms with Crippen molar-refractivity contribution in [1.29, 1.82) is 0 Å². The van der Waals surface area contributed by atoms with Crippen molar-refractivity contribution in [3.8, 4) is 28.4 Å². The van der Waals surface area contributed by atoms with E-state index in [1.807, 2.05) is 36.4 Å². The van der Waals surface area contributed by atoms with Gasteiger partial charge in [-0.25, -0.2) is 4.98 Å². The summed E-state index contributed by atoms with van der Waals surface area (Å²) in [5.74, 6) is 1.57. The molecular formula is C20H17ClN6O2. The predicted molar refractivity (Wildman–Crippen MR) is 109 cm³/mol. The maximum absolute atomic E-state index is 12.6. The van der Waals surface area contributed by atoms with E-state index in [2.05, 4.69) is 30.7 Å². The van der Waals surface area contributed by atoms with E-state index in [1.165, 1.54) is 6.20 Å². The fourth-order valence-corrected chi connectivity index (χ4v) is 2.92. The highest BCUT2D eigenvalue weighted by atomic mass is 35.5. The number of nitrogens with zero attached hydrogens (tertiary/aromatic N) is 3. The summed E-state index contributed by atoms with van der Waals surface area (Å²) in [4.78, 5) is 17.0. The summed E-state index contributed by atoms with van der Waals surface area (Å²) in [5, 5.41) is 17.3. The Morgan fingerprint density at radius 2 is 1.79 bits per heavy atom. The average molecular weight is 409 g/mol. The Bertz CT molecular complexity index is 1120. The van der Waals surface area contributed by atoms with Crippen LogP contribution in [0.15, 0.2) is 54.7 Å². The van der Waals surface area contributed by atoms with Crippen molar-refractivity contribution in [2.45, 2.75) is 6.54 Å². The van der Waals surface area contributed by atoms with Gasteiger partial charge in [0.05, 0.1) is 31.1 Å². The molecule has 8 nitrogen and oxygen atoms in total. The highest BCUT2D eigenvalue weighted by Gasteiger charge is 2.16. The van der Waals surface area contributed by atoms with Crippen molar-refractivity contribution in [3.05, 3.63) is 71.1 Å². The van der Waals surface area contributed by atoms with E-state index in [1.54, 1.807) is 19.2 Å². The minimum Gasteiger partial charge on any atom is -0.497 e. The van der Waals surface area contributed by atoms with Gasteiger partial charge in [-0.2, -0.15) is 10.2 Å². The van der Waals surface area contributed by atoms with Crippen LogP contribution in [0.2, 0.25) is 5.02 Å². The van der Waals surface area contributed by atoms with Gasteiger partial charge in [0.2, 0.25) is 0 Å². The number of carbonyl (C=O) groups is 1. The standard InChI is InChI=1S/C20H17ClN6O2/c1-29-15-8-4-13(5-9-15)19-24-17(25-27-19)11-22-20(28)16-10-23-26-18(16)12-2-6-14(21)7-3-12/h2-10H,11H2,1H3,(H,22,28)(H,23,26)(H,24,25,27). The van der Waals surface area contributed by atoms with E-state index in [9.17, 15) is 4.79 Å². The highest BCUT2D eigenvalue weighted by Crippen LogP contribution is 2.23. The van der Waals surface area contributed by atoms with Crippen LogP contribution in [-0.4, -0.2) is 38.4 Å². The van der Waals surface area contributed by atoms with Crippen LogP contribution < -0.4 is 10.1 Å². The molecule has 0 saturated heterocycles. The van der Waals surface area contributed by atoms with Gasteiger partial charge in [-0.15, -0.1) is 0 Å². The molecule has 2 aromatic heterocycles. The first-order chi connectivity index (χ1) is 14.1. The third kappa shape index (κ3) is 4.12. The SMILES string of the molecule is COc1ccc(-c2n[nH]c(CNC(=O)c3cn[nH]c3-c3ccc(Cl)cc3)n2)cc1. The van der Waals surface area contributed by atoms with Gasteiger partial charge in [0.15, 0.2) is 5.82 Å². The van der Waals surface area contributed by atoms with Crippen LogP contribution in [-0.2, 0) is 6.54 Å². The van der Waals surface area contributed by atoms with Crippen LogP contribution in [0.5, 0.6) is 5.75 Å². The van der Waals surface area contributed by atoms with Gasteiger partial charge in [-0.05, 0) is 36.4 Å². The van der Waals surface area contributed by atoms with E-state index in [4.69, 9.17) is 16.3 Å². The molecule has 0 saturated carbocycles. The summed E-state index contributed by atoms with van der Waals surface area (Å²) in [5.41, 5.74) is 2.72. The van der Waals surface area contributed by atoms with Crippen molar-refractivity contribution >= 4 is 17.5 Å². The molecule has 3 N–H and O–H groups in total. The average Bonchev–Trinajstić information content (AvgIpc) is 3.43. The minimum absolute atomic E-state index is 0.202. The fraction of sp³-hybridized carbons (Fsp3) is 0.100. The van der Waals surface area contributed by atoms with Crippen molar-refractivity contribution in [1.82, 2.24) is 30.7 Å². The molecule has 9 heteroatoms. The van der Waals surface area contributed by atoms with Crippen LogP contribution in [0, 0.1) is 0 Å². The quantitative estimate of drug-likeness (QED) is 0.452. The lowest BCUT2D eigenvalue weighted by Crippen LogP contribution is -2.23. The number of hydrogen-bond acceptors (Lipinski definition) is 5. The number of amides is 1. The normalized spacial score (nSPS) is 10.7. The zero-order valence-electron chi connectivity index (χ0n) is 15.4. The minimum atomic E-state index is -0.272. The number of rotatable bonds is 6. The lowest BCUT2D eigenvalue weighted by Gasteiger charge is -2.04. The Morgan fingerprint density at radius 3 is 2.52 bits per heavy atom. The van der Waals surface area contributed by atoms with Gasteiger partial charge in [0.25, 0.3) is 5.91 Å². The molecule has 0 radical (unpaired) electrons. The molecule has 4 aromatic rings. The topological polar surface area (TPSA) is 109 Å². The van der Waals surface area contributed by atoms with Gasteiger partial charge in [0, 0.05) is 16.1 Å². The highest BCUT2D eigenvalue weighted by molar-refractivity contribution is 6.30. The van der Waals surface area contributed by atoms with Gasteiger partial charge in [0.1, 0.15) is 11.6 Å². The van der Waals surface area contributed by atoms with Gasteiger partial charge < -0.3 is 10.1 Å². The number of methoxy groups -OCH3 is 1. The fourth-order valence-electron chi connectivity index (χ4n) is 2.80. The van der Waals surface area contributed by atoms with Gasteiger partial charge in [-0.1, -0.05) is 23.7 Å². The summed E-state index contributed by atoms with van der Waals surface area (Å²) in [6, 6.07) is 14.6. The van der Waals surface area contributed by atoms with E-state index < -0.39 is 0 Å². The third-order valence-electron chi connectivity index (χ3n) is 4.31. The molecule has 0 fully saturated rings. The third-order valence-corrected chi connectivity index (χ3v) is 4.57. The zero-order chi connectivity index (χ0) is 20.2. The van der Waals surface area contributed by atoms with Crippen LogP contribution in [0.3, 0.4) is 0 Å². The molecule has 4 rings (SSSR count). The number of hydrogen-bond donors (Lipinski definition) is 3. The summed E-state index contributed by atoms with van der Waals surface area (Å²) < 4.78 is 5.15. The number of halogens is 1. The number of H-pyrrole nitrogens is 2. The lowest BCUT2D eigenvalue weighted by molar-refractivity contribution is 0.0950. The number of carbonyl (C=O) groups excluding carboxylic acids is 1. The first kappa shape index (κ1) is 18.7. The second-order valence-corrected chi connectivity index (χ2v) is 6.62. The number of aromatic nitrogens is 5. The lowest BCUT2D eigenvalue weighted by atomic mass is 10.1. The summed E-state index contributed by atoms with van der Waals surface area (Å²) in [7, 11) is 1.61. The van der Waals surface area contributed by atoms with Gasteiger partial charge >= 0.3 is 0 Å². The molecule has 0 bridgehead atoms. The molecule has 146 valence electrons. The Labute approximate surface area is 171 Å². The first-order valence-corrected chi connectivity index (χ1v) is 9.15. The van der Waals surface area contributed by atoms with E-state index >= 15 is 0 Å². The first-order valence-electron chi connectivity index (χ1n) is 8.77. The maximum atomic E-state index is 12.6. The molecule has 0 spiro atoms. The van der Waals surface area contributed by atoms with E-state index in [0.717, 1.165) is 16.9 Å². The number of benzene rings is 2.